The Morgan fingerprint density at radius 1 is 0.763 bits per heavy atom. The third-order valence-electron chi connectivity index (χ3n) is 5.39. The van der Waals surface area contributed by atoms with Crippen molar-refractivity contribution in [1.29, 1.82) is 0 Å². The minimum atomic E-state index is -0.302. The molecule has 38 heavy (non-hydrogen) atoms. The fraction of sp³-hybridized carbons (Fsp3) is 0.133. The Morgan fingerprint density at radius 2 is 1.45 bits per heavy atom. The molecule has 0 unspecified atom stereocenters. The maximum atomic E-state index is 12.3. The van der Waals surface area contributed by atoms with Crippen molar-refractivity contribution < 1.29 is 19.0 Å². The predicted molar refractivity (Wildman–Crippen MR) is 156 cm³/mol. The van der Waals surface area contributed by atoms with Gasteiger partial charge in [-0.1, -0.05) is 68.3 Å². The fourth-order valence-corrected chi connectivity index (χ4v) is 4.15. The Morgan fingerprint density at radius 3 is 2.21 bits per heavy atom. The van der Waals surface area contributed by atoms with Gasteiger partial charge in [0.1, 0.15) is 19.0 Å². The van der Waals surface area contributed by atoms with Crippen molar-refractivity contribution in [2.75, 3.05) is 6.61 Å². The summed E-state index contributed by atoms with van der Waals surface area (Å²) in [5, 5.41) is 4.12. The van der Waals surface area contributed by atoms with E-state index < -0.39 is 0 Å². The zero-order valence-electron chi connectivity index (χ0n) is 20.7. The van der Waals surface area contributed by atoms with Gasteiger partial charge in [-0.05, 0) is 72.6 Å². The van der Waals surface area contributed by atoms with E-state index in [1.54, 1.807) is 30.5 Å². The second-order valence-corrected chi connectivity index (χ2v) is 10.00. The van der Waals surface area contributed by atoms with E-state index in [0.29, 0.717) is 48.2 Å². The number of hydrogen-bond donors (Lipinski definition) is 1. The Hall–Kier alpha value is -3.62. The van der Waals surface area contributed by atoms with E-state index in [0.717, 1.165) is 20.1 Å². The number of amides is 1. The molecule has 194 valence electrons. The average molecular weight is 638 g/mol. The van der Waals surface area contributed by atoms with E-state index in [1.165, 1.54) is 0 Å². The molecule has 0 aromatic heterocycles. The first-order chi connectivity index (χ1) is 18.5. The molecule has 0 aliphatic carbocycles. The van der Waals surface area contributed by atoms with Gasteiger partial charge in [0.25, 0.3) is 5.91 Å². The number of rotatable bonds is 11. The van der Waals surface area contributed by atoms with Crippen LogP contribution in [0.15, 0.2) is 105 Å². The number of carbonyl (C=O) groups excluding carboxylic acids is 1. The Balaban J connectivity index is 1.41. The lowest BCUT2D eigenvalue weighted by molar-refractivity contribution is 0.0955. The molecular weight excluding hydrogens is 612 g/mol. The molecule has 0 aliphatic rings. The van der Waals surface area contributed by atoms with Crippen LogP contribution in [-0.2, 0) is 13.2 Å². The van der Waals surface area contributed by atoms with Gasteiger partial charge in [-0.3, -0.25) is 4.79 Å². The van der Waals surface area contributed by atoms with Gasteiger partial charge in [0, 0.05) is 20.1 Å². The van der Waals surface area contributed by atoms with Gasteiger partial charge in [-0.25, -0.2) is 5.43 Å². The molecule has 0 aliphatic heterocycles. The van der Waals surface area contributed by atoms with Gasteiger partial charge in [0.05, 0.1) is 12.8 Å². The fourth-order valence-electron chi connectivity index (χ4n) is 3.50. The summed E-state index contributed by atoms with van der Waals surface area (Å²) in [6.45, 7) is 3.22. The van der Waals surface area contributed by atoms with Crippen molar-refractivity contribution in [3.8, 4) is 17.2 Å². The highest BCUT2D eigenvalue weighted by atomic mass is 79.9. The molecule has 8 heteroatoms. The molecule has 0 saturated carbocycles. The summed E-state index contributed by atoms with van der Waals surface area (Å²) in [7, 11) is 0. The minimum Gasteiger partial charge on any atom is -0.490 e. The quantitative estimate of drug-likeness (QED) is 0.136. The van der Waals surface area contributed by atoms with Crippen LogP contribution < -0.4 is 19.6 Å². The van der Waals surface area contributed by atoms with E-state index in [2.05, 4.69) is 42.4 Å². The van der Waals surface area contributed by atoms with Crippen molar-refractivity contribution in [2.45, 2.75) is 20.1 Å². The van der Waals surface area contributed by atoms with Crippen LogP contribution in [0.3, 0.4) is 0 Å². The second-order valence-electron chi connectivity index (χ2n) is 8.17. The summed E-state index contributed by atoms with van der Waals surface area (Å²) >= 11 is 6.85. The van der Waals surface area contributed by atoms with Crippen LogP contribution in [-0.4, -0.2) is 18.7 Å². The van der Waals surface area contributed by atoms with E-state index in [1.807, 2.05) is 73.7 Å². The van der Waals surface area contributed by atoms with Gasteiger partial charge < -0.3 is 14.2 Å². The number of nitrogens with zero attached hydrogens (tertiary/aromatic N) is 1. The third-order valence-corrected chi connectivity index (χ3v) is 6.41. The molecule has 0 radical (unpaired) electrons. The first-order valence-corrected chi connectivity index (χ1v) is 13.5. The second kappa shape index (κ2) is 13.8. The molecule has 1 N–H and O–H groups in total. The summed E-state index contributed by atoms with van der Waals surface area (Å²) in [5.41, 5.74) is 5.78. The third kappa shape index (κ3) is 7.94. The number of ether oxygens (including phenoxy) is 3. The Bertz CT molecular complexity index is 1390. The zero-order chi connectivity index (χ0) is 26.7. The van der Waals surface area contributed by atoms with E-state index in [4.69, 9.17) is 14.2 Å². The molecule has 0 saturated heterocycles. The van der Waals surface area contributed by atoms with E-state index in [9.17, 15) is 4.79 Å². The maximum absolute atomic E-state index is 12.3. The summed E-state index contributed by atoms with van der Waals surface area (Å²) in [6, 6.07) is 28.4. The van der Waals surface area contributed by atoms with Crippen LogP contribution in [0.25, 0.3) is 0 Å². The smallest absolute Gasteiger partial charge is 0.271 e. The Kier molecular flexibility index (Phi) is 9.95. The van der Waals surface area contributed by atoms with Crippen molar-refractivity contribution >= 4 is 44.0 Å². The molecule has 4 aromatic rings. The highest BCUT2D eigenvalue weighted by Crippen LogP contribution is 2.30. The molecule has 0 heterocycles. The lowest BCUT2D eigenvalue weighted by Gasteiger charge is -2.14. The number of halogens is 2. The van der Waals surface area contributed by atoms with Crippen LogP contribution in [0.4, 0.5) is 0 Å². The van der Waals surface area contributed by atoms with Crippen LogP contribution in [0.5, 0.6) is 17.2 Å². The zero-order valence-corrected chi connectivity index (χ0v) is 23.9. The standard InChI is InChI=1S/C30H26Br2N2O4/c1-2-36-29-16-22(8-14-28(29)38-19-21-6-4-3-5-7-21)20-37-27-15-13-26(32)17-24(27)18-33-34-30(35)23-9-11-25(31)12-10-23/h3-18H,2,19-20H2,1H3,(H,34,35)/b33-18+. The maximum Gasteiger partial charge on any atom is 0.271 e. The van der Waals surface area contributed by atoms with Crippen LogP contribution in [0.1, 0.15) is 34.0 Å². The summed E-state index contributed by atoms with van der Waals surface area (Å²) in [5.74, 6) is 1.66. The van der Waals surface area contributed by atoms with Crippen molar-refractivity contribution in [3.63, 3.8) is 0 Å². The highest BCUT2D eigenvalue weighted by molar-refractivity contribution is 9.10. The molecule has 1 amide bonds. The minimum absolute atomic E-state index is 0.302. The number of carbonyl (C=O) groups is 1. The van der Waals surface area contributed by atoms with Crippen molar-refractivity contribution in [3.05, 3.63) is 122 Å². The highest BCUT2D eigenvalue weighted by Gasteiger charge is 2.10. The lowest BCUT2D eigenvalue weighted by Crippen LogP contribution is -2.17. The molecule has 4 aromatic carbocycles. The van der Waals surface area contributed by atoms with Crippen LogP contribution in [0, 0.1) is 0 Å². The molecule has 6 nitrogen and oxygen atoms in total. The molecular formula is C30H26Br2N2O4. The normalized spacial score (nSPS) is 10.8. The molecule has 0 fully saturated rings. The largest absolute Gasteiger partial charge is 0.490 e. The SMILES string of the molecule is CCOc1cc(COc2ccc(Br)cc2/C=N/NC(=O)c2ccc(Br)cc2)ccc1OCc1ccccc1. The summed E-state index contributed by atoms with van der Waals surface area (Å²) in [6.07, 6.45) is 1.56. The number of benzene rings is 4. The first kappa shape index (κ1) is 27.4. The first-order valence-electron chi connectivity index (χ1n) is 12.0. The number of nitrogens with one attached hydrogen (secondary N) is 1. The Labute approximate surface area is 238 Å². The van der Waals surface area contributed by atoms with Crippen molar-refractivity contribution in [2.24, 2.45) is 5.10 Å². The molecule has 0 bridgehead atoms. The van der Waals surface area contributed by atoms with Crippen molar-refractivity contribution in [1.82, 2.24) is 5.43 Å². The average Bonchev–Trinajstić information content (AvgIpc) is 2.93. The topological polar surface area (TPSA) is 69.2 Å². The van der Waals surface area contributed by atoms with Crippen LogP contribution >= 0.6 is 31.9 Å². The lowest BCUT2D eigenvalue weighted by atomic mass is 10.2. The van der Waals surface area contributed by atoms with Gasteiger partial charge in [-0.2, -0.15) is 5.10 Å². The van der Waals surface area contributed by atoms with Gasteiger partial charge in [0.15, 0.2) is 11.5 Å². The number of hydrogen-bond acceptors (Lipinski definition) is 5. The molecule has 0 spiro atoms. The van der Waals surface area contributed by atoms with E-state index in [-0.39, 0.29) is 5.91 Å². The van der Waals surface area contributed by atoms with Gasteiger partial charge in [-0.15, -0.1) is 0 Å². The summed E-state index contributed by atoms with van der Waals surface area (Å²) in [4.78, 5) is 12.3. The monoisotopic (exact) mass is 636 g/mol. The predicted octanol–water partition coefficient (Wildman–Crippen LogP) is 7.53. The van der Waals surface area contributed by atoms with Crippen LogP contribution in [0.2, 0.25) is 0 Å². The molecule has 4 rings (SSSR count). The number of hydrazone groups is 1. The van der Waals surface area contributed by atoms with Gasteiger partial charge in [0.2, 0.25) is 0 Å². The van der Waals surface area contributed by atoms with E-state index >= 15 is 0 Å². The van der Waals surface area contributed by atoms with Gasteiger partial charge >= 0.3 is 0 Å². The summed E-state index contributed by atoms with van der Waals surface area (Å²) < 4.78 is 19.7. The molecule has 0 atom stereocenters.